The van der Waals surface area contributed by atoms with Crippen molar-refractivity contribution >= 4 is 6.01 Å². The molecule has 0 aromatic carbocycles. The smallest absolute Gasteiger partial charge is 0.321 e. The van der Waals surface area contributed by atoms with Gasteiger partial charge < -0.3 is 14.3 Å². The zero-order valence-electron chi connectivity index (χ0n) is 8.19. The van der Waals surface area contributed by atoms with E-state index in [1.54, 1.807) is 0 Å². The van der Waals surface area contributed by atoms with Gasteiger partial charge in [-0.3, -0.25) is 0 Å². The highest BCUT2D eigenvalue weighted by Crippen LogP contribution is 2.20. The summed E-state index contributed by atoms with van der Waals surface area (Å²) in [5.41, 5.74) is 0. The van der Waals surface area contributed by atoms with Gasteiger partial charge in [0.2, 0.25) is 0 Å². The molecule has 1 aromatic heterocycles. The molecule has 1 aromatic rings. The van der Waals surface area contributed by atoms with Crippen LogP contribution in [0.25, 0.3) is 0 Å². The van der Waals surface area contributed by atoms with Crippen LogP contribution in [0.5, 0.6) is 0 Å². The third-order valence-electron chi connectivity index (χ3n) is 2.38. The molecule has 0 atom stereocenters. The number of likely N-dealkylation sites (N-methyl/N-ethyl adjacent to an activating group) is 1. The Hall–Kier alpha value is -1.10. The van der Waals surface area contributed by atoms with Gasteiger partial charge in [-0.1, -0.05) is 5.16 Å². The highest BCUT2D eigenvalue weighted by Gasteiger charge is 2.31. The van der Waals surface area contributed by atoms with E-state index in [0.29, 0.717) is 17.9 Å². The van der Waals surface area contributed by atoms with Gasteiger partial charge >= 0.3 is 6.01 Å². The first kappa shape index (κ1) is 8.50. The Bertz CT molecular complexity index is 290. The molecule has 0 N–H and O–H groups in total. The van der Waals surface area contributed by atoms with Crippen LogP contribution < -0.4 is 4.90 Å². The molecule has 1 aliphatic heterocycles. The molecule has 0 aliphatic carbocycles. The molecule has 13 heavy (non-hydrogen) atoms. The van der Waals surface area contributed by atoms with Gasteiger partial charge in [-0.15, -0.1) is 0 Å². The Labute approximate surface area is 77.3 Å². The predicted octanol–water partition coefficient (Wildman–Crippen LogP) is 0.128. The Balaban J connectivity index is 1.93. The summed E-state index contributed by atoms with van der Waals surface area (Å²) in [5, 5.41) is 3.75. The standard InChI is InChI=1S/C8H14N4O/c1-6-9-8(13-10-6)12-4-7(5-12)11(2)3/h7H,4-5H2,1-3H3. The van der Waals surface area contributed by atoms with Crippen LogP contribution in [0.1, 0.15) is 5.82 Å². The zero-order chi connectivity index (χ0) is 9.42. The van der Waals surface area contributed by atoms with Crippen molar-refractivity contribution in [3.05, 3.63) is 5.82 Å². The monoisotopic (exact) mass is 182 g/mol. The maximum absolute atomic E-state index is 5.04. The van der Waals surface area contributed by atoms with Crippen LogP contribution in [0.3, 0.4) is 0 Å². The quantitative estimate of drug-likeness (QED) is 0.650. The Morgan fingerprint density at radius 1 is 1.46 bits per heavy atom. The van der Waals surface area contributed by atoms with Gasteiger partial charge in [-0.05, 0) is 21.0 Å². The molecule has 0 radical (unpaired) electrons. The fourth-order valence-corrected chi connectivity index (χ4v) is 1.35. The first-order chi connectivity index (χ1) is 6.16. The average Bonchev–Trinajstić information content (AvgIpc) is 2.31. The third kappa shape index (κ3) is 1.51. The predicted molar refractivity (Wildman–Crippen MR) is 48.7 cm³/mol. The molecule has 2 heterocycles. The maximum atomic E-state index is 5.04. The van der Waals surface area contributed by atoms with Crippen molar-refractivity contribution in [2.75, 3.05) is 32.1 Å². The van der Waals surface area contributed by atoms with Gasteiger partial charge in [0, 0.05) is 19.1 Å². The Morgan fingerprint density at radius 2 is 2.15 bits per heavy atom. The summed E-state index contributed by atoms with van der Waals surface area (Å²) in [4.78, 5) is 8.45. The molecule has 1 saturated heterocycles. The number of aromatic nitrogens is 2. The van der Waals surface area contributed by atoms with E-state index in [1.807, 2.05) is 6.92 Å². The second kappa shape index (κ2) is 2.99. The van der Waals surface area contributed by atoms with Crippen LogP contribution in [-0.4, -0.2) is 48.3 Å². The van der Waals surface area contributed by atoms with Gasteiger partial charge in [-0.25, -0.2) is 0 Å². The van der Waals surface area contributed by atoms with Crippen LogP contribution in [0.4, 0.5) is 6.01 Å². The van der Waals surface area contributed by atoms with Crippen LogP contribution in [-0.2, 0) is 0 Å². The van der Waals surface area contributed by atoms with Crippen molar-refractivity contribution in [3.8, 4) is 0 Å². The summed E-state index contributed by atoms with van der Waals surface area (Å²) in [6.07, 6.45) is 0. The summed E-state index contributed by atoms with van der Waals surface area (Å²) in [7, 11) is 4.17. The largest absolute Gasteiger partial charge is 0.324 e. The van der Waals surface area contributed by atoms with E-state index in [1.165, 1.54) is 0 Å². The van der Waals surface area contributed by atoms with E-state index in [-0.39, 0.29) is 0 Å². The van der Waals surface area contributed by atoms with Crippen LogP contribution in [0.15, 0.2) is 4.52 Å². The fraction of sp³-hybridized carbons (Fsp3) is 0.750. The number of rotatable bonds is 2. The maximum Gasteiger partial charge on any atom is 0.324 e. The van der Waals surface area contributed by atoms with E-state index < -0.39 is 0 Å². The lowest BCUT2D eigenvalue weighted by Crippen LogP contribution is -2.57. The van der Waals surface area contributed by atoms with E-state index in [4.69, 9.17) is 4.52 Å². The first-order valence-corrected chi connectivity index (χ1v) is 4.38. The molecule has 0 bridgehead atoms. The molecule has 0 saturated carbocycles. The van der Waals surface area contributed by atoms with E-state index in [0.717, 1.165) is 13.1 Å². The first-order valence-electron chi connectivity index (χ1n) is 4.38. The lowest BCUT2D eigenvalue weighted by Gasteiger charge is -2.41. The number of aryl methyl sites for hydroxylation is 1. The highest BCUT2D eigenvalue weighted by molar-refractivity contribution is 5.31. The molecule has 0 amide bonds. The van der Waals surface area contributed by atoms with Crippen molar-refractivity contribution < 1.29 is 4.52 Å². The summed E-state index contributed by atoms with van der Waals surface area (Å²) in [5.74, 6) is 0.698. The molecule has 1 aliphatic rings. The van der Waals surface area contributed by atoms with Crippen molar-refractivity contribution in [1.82, 2.24) is 15.0 Å². The molecular formula is C8H14N4O. The summed E-state index contributed by atoms with van der Waals surface area (Å²) < 4.78 is 5.04. The summed E-state index contributed by atoms with van der Waals surface area (Å²) >= 11 is 0. The SMILES string of the molecule is Cc1noc(N2CC(N(C)C)C2)n1. The minimum atomic E-state index is 0.618. The lowest BCUT2D eigenvalue weighted by atomic mass is 10.1. The van der Waals surface area contributed by atoms with Gasteiger partial charge in [-0.2, -0.15) is 4.98 Å². The van der Waals surface area contributed by atoms with Crippen LogP contribution >= 0.6 is 0 Å². The molecule has 1 fully saturated rings. The van der Waals surface area contributed by atoms with Gasteiger partial charge in [0.05, 0.1) is 0 Å². The molecule has 72 valence electrons. The third-order valence-corrected chi connectivity index (χ3v) is 2.38. The molecule has 0 spiro atoms. The number of anilines is 1. The number of nitrogens with zero attached hydrogens (tertiary/aromatic N) is 4. The van der Waals surface area contributed by atoms with Crippen LogP contribution in [0.2, 0.25) is 0 Å². The lowest BCUT2D eigenvalue weighted by molar-refractivity contribution is 0.234. The normalized spacial score (nSPS) is 18.0. The number of hydrogen-bond donors (Lipinski definition) is 0. The molecule has 0 unspecified atom stereocenters. The zero-order valence-corrected chi connectivity index (χ0v) is 8.19. The fourth-order valence-electron chi connectivity index (χ4n) is 1.35. The second-order valence-corrected chi connectivity index (χ2v) is 3.65. The second-order valence-electron chi connectivity index (χ2n) is 3.65. The molecular weight excluding hydrogens is 168 g/mol. The molecule has 5 heteroatoms. The highest BCUT2D eigenvalue weighted by atomic mass is 16.5. The Morgan fingerprint density at radius 3 is 2.62 bits per heavy atom. The van der Waals surface area contributed by atoms with Crippen molar-refractivity contribution in [2.45, 2.75) is 13.0 Å². The van der Waals surface area contributed by atoms with Gasteiger partial charge in [0.25, 0.3) is 0 Å². The Kier molecular flexibility index (Phi) is 1.95. The summed E-state index contributed by atoms with van der Waals surface area (Å²) in [6.45, 7) is 3.79. The van der Waals surface area contributed by atoms with Crippen molar-refractivity contribution in [1.29, 1.82) is 0 Å². The van der Waals surface area contributed by atoms with Crippen molar-refractivity contribution in [2.24, 2.45) is 0 Å². The van der Waals surface area contributed by atoms with Crippen LogP contribution in [0, 0.1) is 6.92 Å². The van der Waals surface area contributed by atoms with Crippen molar-refractivity contribution in [3.63, 3.8) is 0 Å². The minimum Gasteiger partial charge on any atom is -0.321 e. The molecule has 5 nitrogen and oxygen atoms in total. The number of hydrogen-bond acceptors (Lipinski definition) is 5. The van der Waals surface area contributed by atoms with E-state index >= 15 is 0 Å². The van der Waals surface area contributed by atoms with E-state index in [2.05, 4.69) is 34.0 Å². The minimum absolute atomic E-state index is 0.618. The average molecular weight is 182 g/mol. The topological polar surface area (TPSA) is 45.4 Å². The van der Waals surface area contributed by atoms with Gasteiger partial charge in [0.1, 0.15) is 0 Å². The summed E-state index contributed by atoms with van der Waals surface area (Å²) in [6, 6.07) is 1.27. The van der Waals surface area contributed by atoms with Gasteiger partial charge in [0.15, 0.2) is 5.82 Å². The van der Waals surface area contributed by atoms with E-state index in [9.17, 15) is 0 Å². The molecule has 2 rings (SSSR count).